The summed E-state index contributed by atoms with van der Waals surface area (Å²) < 4.78 is 7.43. The van der Waals surface area contributed by atoms with E-state index < -0.39 is 0 Å². The third-order valence-electron chi connectivity index (χ3n) is 3.24. The second-order valence-electron chi connectivity index (χ2n) is 5.24. The number of nitrogens with zero attached hydrogens (tertiary/aromatic N) is 5. The molecule has 0 unspecified atom stereocenters. The summed E-state index contributed by atoms with van der Waals surface area (Å²) in [7, 11) is 3.44. The minimum atomic E-state index is -0.00989. The van der Waals surface area contributed by atoms with Crippen LogP contribution in [0.5, 0.6) is 5.75 Å². The number of aromatic nitrogens is 3. The Bertz CT molecular complexity index is 751. The lowest BCUT2D eigenvalue weighted by molar-refractivity contribution is -0.129. The molecule has 0 radical (unpaired) electrons. The standard InChI is InChI=1S/C16H19N5O2S/c1-12-18-19-16(21(12)11-15(22)20(2)3)24-8-7-23-14-6-4-5-13(9-14)10-17/h4-6,9H,7-8,11H2,1-3H3. The Labute approximate surface area is 145 Å². The van der Waals surface area contributed by atoms with Gasteiger partial charge in [0.2, 0.25) is 5.91 Å². The maximum atomic E-state index is 11.9. The van der Waals surface area contributed by atoms with E-state index in [1.807, 2.05) is 13.0 Å². The molecule has 8 heteroatoms. The normalized spacial score (nSPS) is 10.2. The number of nitriles is 1. The van der Waals surface area contributed by atoms with Gasteiger partial charge in [0, 0.05) is 19.8 Å². The molecule has 0 saturated carbocycles. The zero-order valence-electron chi connectivity index (χ0n) is 13.9. The molecule has 1 aromatic heterocycles. The lowest BCUT2D eigenvalue weighted by Gasteiger charge is -2.13. The Morgan fingerprint density at radius 1 is 1.42 bits per heavy atom. The number of hydrogen-bond acceptors (Lipinski definition) is 6. The molecular weight excluding hydrogens is 326 g/mol. The minimum Gasteiger partial charge on any atom is -0.493 e. The van der Waals surface area contributed by atoms with Gasteiger partial charge in [0.25, 0.3) is 0 Å². The third kappa shape index (κ3) is 4.73. The number of likely N-dealkylation sites (N-methyl/N-ethyl adjacent to an activating group) is 1. The van der Waals surface area contributed by atoms with E-state index in [9.17, 15) is 4.79 Å². The molecule has 2 rings (SSSR count). The van der Waals surface area contributed by atoms with Crippen molar-refractivity contribution in [2.75, 3.05) is 26.5 Å². The van der Waals surface area contributed by atoms with E-state index in [-0.39, 0.29) is 12.5 Å². The van der Waals surface area contributed by atoms with Gasteiger partial charge in [-0.05, 0) is 25.1 Å². The summed E-state index contributed by atoms with van der Waals surface area (Å²) >= 11 is 1.48. The Morgan fingerprint density at radius 2 is 2.21 bits per heavy atom. The van der Waals surface area contributed by atoms with Crippen molar-refractivity contribution in [3.05, 3.63) is 35.7 Å². The Kier molecular flexibility index (Phi) is 6.21. The van der Waals surface area contributed by atoms with Gasteiger partial charge in [0.15, 0.2) is 5.16 Å². The number of carbonyl (C=O) groups is 1. The highest BCUT2D eigenvalue weighted by Gasteiger charge is 2.14. The van der Waals surface area contributed by atoms with E-state index in [2.05, 4.69) is 16.3 Å². The van der Waals surface area contributed by atoms with Gasteiger partial charge in [0.1, 0.15) is 18.1 Å². The second kappa shape index (κ2) is 8.36. The van der Waals surface area contributed by atoms with Crippen molar-refractivity contribution >= 4 is 17.7 Å². The van der Waals surface area contributed by atoms with E-state index in [0.717, 1.165) is 0 Å². The summed E-state index contributed by atoms with van der Waals surface area (Å²) in [5.74, 6) is 2.01. The number of ether oxygens (including phenoxy) is 1. The molecule has 7 nitrogen and oxygen atoms in total. The largest absolute Gasteiger partial charge is 0.493 e. The fraction of sp³-hybridized carbons (Fsp3) is 0.375. The highest BCUT2D eigenvalue weighted by Crippen LogP contribution is 2.18. The first-order valence-corrected chi connectivity index (χ1v) is 8.35. The van der Waals surface area contributed by atoms with Crippen LogP contribution in [0, 0.1) is 18.3 Å². The Morgan fingerprint density at radius 3 is 2.92 bits per heavy atom. The van der Waals surface area contributed by atoms with Crippen LogP contribution in [0.25, 0.3) is 0 Å². The molecule has 1 heterocycles. The van der Waals surface area contributed by atoms with Crippen molar-refractivity contribution in [2.24, 2.45) is 0 Å². The van der Waals surface area contributed by atoms with Crippen molar-refractivity contribution in [1.29, 1.82) is 5.26 Å². The number of hydrogen-bond donors (Lipinski definition) is 0. The second-order valence-corrected chi connectivity index (χ2v) is 6.30. The molecule has 0 aliphatic rings. The molecule has 0 aliphatic heterocycles. The number of rotatable bonds is 7. The van der Waals surface area contributed by atoms with Crippen LogP contribution in [0.15, 0.2) is 29.4 Å². The number of amides is 1. The number of benzene rings is 1. The van der Waals surface area contributed by atoms with E-state index in [1.54, 1.807) is 41.8 Å². The van der Waals surface area contributed by atoms with E-state index in [0.29, 0.717) is 34.7 Å². The smallest absolute Gasteiger partial charge is 0.242 e. The molecule has 0 N–H and O–H groups in total. The maximum absolute atomic E-state index is 11.9. The fourth-order valence-corrected chi connectivity index (χ4v) is 2.68. The summed E-state index contributed by atoms with van der Waals surface area (Å²) in [4.78, 5) is 13.4. The van der Waals surface area contributed by atoms with Gasteiger partial charge < -0.3 is 9.64 Å². The molecule has 0 saturated heterocycles. The predicted molar refractivity (Wildman–Crippen MR) is 90.8 cm³/mol. The van der Waals surface area contributed by atoms with Crippen LogP contribution in [0.4, 0.5) is 0 Å². The van der Waals surface area contributed by atoms with E-state index >= 15 is 0 Å². The number of carbonyl (C=O) groups excluding carboxylic acids is 1. The average Bonchev–Trinajstić information content (AvgIpc) is 2.92. The molecule has 0 spiro atoms. The van der Waals surface area contributed by atoms with Gasteiger partial charge in [0.05, 0.1) is 18.2 Å². The Balaban J connectivity index is 1.88. The van der Waals surface area contributed by atoms with Crippen LogP contribution in [-0.4, -0.2) is 52.0 Å². The quantitative estimate of drug-likeness (QED) is 0.561. The van der Waals surface area contributed by atoms with Crippen LogP contribution in [-0.2, 0) is 11.3 Å². The van der Waals surface area contributed by atoms with Gasteiger partial charge in [-0.15, -0.1) is 10.2 Å². The SMILES string of the molecule is Cc1nnc(SCCOc2cccc(C#N)c2)n1CC(=O)N(C)C. The highest BCUT2D eigenvalue weighted by molar-refractivity contribution is 7.99. The van der Waals surface area contributed by atoms with Crippen molar-refractivity contribution < 1.29 is 9.53 Å². The van der Waals surface area contributed by atoms with Gasteiger partial charge in [-0.3, -0.25) is 9.36 Å². The van der Waals surface area contributed by atoms with Crippen LogP contribution in [0.2, 0.25) is 0 Å². The molecule has 0 aliphatic carbocycles. The van der Waals surface area contributed by atoms with Crippen molar-refractivity contribution in [2.45, 2.75) is 18.6 Å². The van der Waals surface area contributed by atoms with Gasteiger partial charge in [-0.25, -0.2) is 0 Å². The first-order valence-electron chi connectivity index (χ1n) is 7.37. The Hall–Kier alpha value is -2.53. The summed E-state index contributed by atoms with van der Waals surface area (Å²) in [5, 5.41) is 17.7. The molecule has 24 heavy (non-hydrogen) atoms. The van der Waals surface area contributed by atoms with Crippen molar-refractivity contribution in [1.82, 2.24) is 19.7 Å². The topological polar surface area (TPSA) is 84.0 Å². The van der Waals surface area contributed by atoms with E-state index in [1.165, 1.54) is 11.8 Å². The van der Waals surface area contributed by atoms with Crippen LogP contribution >= 0.6 is 11.8 Å². The monoisotopic (exact) mass is 345 g/mol. The predicted octanol–water partition coefficient (Wildman–Crippen LogP) is 1.72. The first-order chi connectivity index (χ1) is 11.5. The summed E-state index contributed by atoms with van der Waals surface area (Å²) in [6.45, 7) is 2.51. The van der Waals surface area contributed by atoms with Gasteiger partial charge in [-0.2, -0.15) is 5.26 Å². The van der Waals surface area contributed by atoms with Crippen LogP contribution in [0.3, 0.4) is 0 Å². The molecule has 1 aromatic carbocycles. The zero-order chi connectivity index (χ0) is 17.5. The lowest BCUT2D eigenvalue weighted by atomic mass is 10.2. The maximum Gasteiger partial charge on any atom is 0.242 e. The third-order valence-corrected chi connectivity index (χ3v) is 4.17. The molecule has 0 bridgehead atoms. The molecule has 0 fully saturated rings. The zero-order valence-corrected chi connectivity index (χ0v) is 14.7. The van der Waals surface area contributed by atoms with Gasteiger partial charge >= 0.3 is 0 Å². The summed E-state index contributed by atoms with van der Waals surface area (Å²) in [5.41, 5.74) is 0.567. The summed E-state index contributed by atoms with van der Waals surface area (Å²) in [6, 6.07) is 9.11. The van der Waals surface area contributed by atoms with Crippen LogP contribution < -0.4 is 4.74 Å². The average molecular weight is 345 g/mol. The molecular formula is C16H19N5O2S. The van der Waals surface area contributed by atoms with Crippen molar-refractivity contribution in [3.63, 3.8) is 0 Å². The number of aryl methyl sites for hydroxylation is 1. The van der Waals surface area contributed by atoms with E-state index in [4.69, 9.17) is 10.00 Å². The molecule has 2 aromatic rings. The first kappa shape index (κ1) is 17.8. The van der Waals surface area contributed by atoms with Crippen LogP contribution in [0.1, 0.15) is 11.4 Å². The van der Waals surface area contributed by atoms with Gasteiger partial charge in [-0.1, -0.05) is 17.8 Å². The van der Waals surface area contributed by atoms with Crippen molar-refractivity contribution in [3.8, 4) is 11.8 Å². The minimum absolute atomic E-state index is 0.00989. The molecule has 1 amide bonds. The fourth-order valence-electron chi connectivity index (χ4n) is 1.87. The molecule has 126 valence electrons. The molecule has 0 atom stereocenters. The summed E-state index contributed by atoms with van der Waals surface area (Å²) in [6.07, 6.45) is 0. The lowest BCUT2D eigenvalue weighted by Crippen LogP contribution is -2.27. The number of thioether (sulfide) groups is 1. The highest BCUT2D eigenvalue weighted by atomic mass is 32.2.